The highest BCUT2D eigenvalue weighted by atomic mass is 79.9. The molecule has 0 saturated heterocycles. The molecule has 2 N–H and O–H groups in total. The Morgan fingerprint density at radius 2 is 2.25 bits per heavy atom. The van der Waals surface area contributed by atoms with E-state index in [4.69, 9.17) is 22.7 Å². The summed E-state index contributed by atoms with van der Waals surface area (Å²) in [5, 5.41) is 0. The van der Waals surface area contributed by atoms with Crippen molar-refractivity contribution in [3.63, 3.8) is 0 Å². The van der Waals surface area contributed by atoms with Crippen LogP contribution in [0.5, 0.6) is 5.75 Å². The first-order chi connectivity index (χ1) is 7.42. The molecular formula is C11H15BrN2OS. The Morgan fingerprint density at radius 1 is 1.56 bits per heavy atom. The Labute approximate surface area is 110 Å². The van der Waals surface area contributed by atoms with E-state index in [-0.39, 0.29) is 5.41 Å². The normalized spacial score (nSPS) is 11.2. The molecule has 0 saturated carbocycles. The van der Waals surface area contributed by atoms with Crippen LogP contribution >= 0.6 is 28.1 Å². The molecule has 1 aromatic rings. The number of halogens is 1. The fourth-order valence-corrected chi connectivity index (χ4v) is 1.46. The number of nitrogens with zero attached hydrogens (tertiary/aromatic N) is 1. The van der Waals surface area contributed by atoms with E-state index < -0.39 is 0 Å². The second kappa shape index (κ2) is 5.59. The summed E-state index contributed by atoms with van der Waals surface area (Å²) in [4.78, 5) is 4.53. The van der Waals surface area contributed by atoms with Gasteiger partial charge in [-0.1, -0.05) is 26.1 Å². The van der Waals surface area contributed by atoms with E-state index in [1.807, 2.05) is 19.9 Å². The van der Waals surface area contributed by atoms with E-state index in [1.54, 1.807) is 12.4 Å². The molecule has 1 rings (SSSR count). The lowest BCUT2D eigenvalue weighted by molar-refractivity contribution is 0.269. The third-order valence-electron chi connectivity index (χ3n) is 2.34. The standard InChI is InChI=1S/C11H15BrN2OS/c1-11(2,10(13)16)3-4-15-9-5-8(12)6-14-7-9/h5-7H,3-4H2,1-2H3,(H2,13,16). The number of ether oxygens (including phenoxy) is 1. The van der Waals surface area contributed by atoms with Crippen LogP contribution in [0.15, 0.2) is 22.9 Å². The zero-order valence-corrected chi connectivity index (χ0v) is 11.8. The molecule has 0 amide bonds. The van der Waals surface area contributed by atoms with Crippen LogP contribution in [0.25, 0.3) is 0 Å². The summed E-state index contributed by atoms with van der Waals surface area (Å²) in [5.41, 5.74) is 5.46. The summed E-state index contributed by atoms with van der Waals surface area (Å²) in [6, 6.07) is 1.88. The second-order valence-corrected chi connectivity index (χ2v) is 5.54. The highest BCUT2D eigenvalue weighted by Gasteiger charge is 2.21. The van der Waals surface area contributed by atoms with Crippen molar-refractivity contribution >= 4 is 33.1 Å². The Kier molecular flexibility index (Phi) is 4.68. The molecule has 0 unspecified atom stereocenters. The highest BCUT2D eigenvalue weighted by Crippen LogP contribution is 2.22. The van der Waals surface area contributed by atoms with Gasteiger partial charge >= 0.3 is 0 Å². The van der Waals surface area contributed by atoms with Gasteiger partial charge in [0, 0.05) is 16.1 Å². The number of aromatic nitrogens is 1. The maximum atomic E-state index is 5.63. The van der Waals surface area contributed by atoms with Gasteiger partial charge in [0.2, 0.25) is 0 Å². The van der Waals surface area contributed by atoms with Crippen molar-refractivity contribution in [1.82, 2.24) is 4.98 Å². The van der Waals surface area contributed by atoms with Crippen LogP contribution in [-0.4, -0.2) is 16.6 Å². The van der Waals surface area contributed by atoms with Crippen molar-refractivity contribution in [1.29, 1.82) is 0 Å². The van der Waals surface area contributed by atoms with Crippen molar-refractivity contribution in [3.8, 4) is 5.75 Å². The van der Waals surface area contributed by atoms with E-state index in [1.165, 1.54) is 0 Å². The average Bonchev–Trinajstić information content (AvgIpc) is 2.17. The van der Waals surface area contributed by atoms with Crippen LogP contribution in [0.4, 0.5) is 0 Å². The topological polar surface area (TPSA) is 48.1 Å². The van der Waals surface area contributed by atoms with Gasteiger partial charge in [0.05, 0.1) is 17.8 Å². The van der Waals surface area contributed by atoms with Crippen molar-refractivity contribution in [2.45, 2.75) is 20.3 Å². The van der Waals surface area contributed by atoms with Crippen molar-refractivity contribution in [2.24, 2.45) is 11.1 Å². The largest absolute Gasteiger partial charge is 0.492 e. The summed E-state index contributed by atoms with van der Waals surface area (Å²) in [5.74, 6) is 0.744. The van der Waals surface area contributed by atoms with Gasteiger partial charge in [0.15, 0.2) is 0 Å². The Morgan fingerprint density at radius 3 is 2.81 bits per heavy atom. The van der Waals surface area contributed by atoms with Gasteiger partial charge < -0.3 is 10.5 Å². The Bertz CT molecular complexity index is 382. The average molecular weight is 303 g/mol. The molecule has 0 aliphatic rings. The zero-order valence-electron chi connectivity index (χ0n) is 9.37. The van der Waals surface area contributed by atoms with Gasteiger partial charge in [-0.05, 0) is 28.4 Å². The molecule has 0 atom stereocenters. The van der Waals surface area contributed by atoms with E-state index >= 15 is 0 Å². The Balaban J connectivity index is 2.45. The van der Waals surface area contributed by atoms with E-state index in [0.717, 1.165) is 16.6 Å². The van der Waals surface area contributed by atoms with Gasteiger partial charge in [-0.25, -0.2) is 0 Å². The SMILES string of the molecule is CC(C)(CCOc1cncc(Br)c1)C(N)=S. The molecule has 0 aromatic carbocycles. The molecule has 0 fully saturated rings. The summed E-state index contributed by atoms with van der Waals surface area (Å²) in [7, 11) is 0. The first-order valence-corrected chi connectivity index (χ1v) is 6.15. The molecule has 1 aromatic heterocycles. The lowest BCUT2D eigenvalue weighted by atomic mass is 9.90. The smallest absolute Gasteiger partial charge is 0.138 e. The van der Waals surface area contributed by atoms with Gasteiger partial charge in [-0.3, -0.25) is 4.98 Å². The molecule has 0 spiro atoms. The van der Waals surface area contributed by atoms with E-state index in [9.17, 15) is 0 Å². The van der Waals surface area contributed by atoms with Crippen LogP contribution < -0.4 is 10.5 Å². The first-order valence-electron chi connectivity index (χ1n) is 4.95. The lowest BCUT2D eigenvalue weighted by Gasteiger charge is -2.22. The van der Waals surface area contributed by atoms with Crippen LogP contribution in [0.2, 0.25) is 0 Å². The number of nitrogens with two attached hydrogens (primary N) is 1. The molecule has 16 heavy (non-hydrogen) atoms. The Hall–Kier alpha value is -0.680. The maximum Gasteiger partial charge on any atom is 0.138 e. The molecule has 0 aliphatic heterocycles. The molecule has 3 nitrogen and oxygen atoms in total. The van der Waals surface area contributed by atoms with Crippen molar-refractivity contribution < 1.29 is 4.74 Å². The fourth-order valence-electron chi connectivity index (χ4n) is 1.02. The predicted molar refractivity (Wildman–Crippen MR) is 72.6 cm³/mol. The zero-order chi connectivity index (χ0) is 12.2. The van der Waals surface area contributed by atoms with Gasteiger partial charge in [-0.15, -0.1) is 0 Å². The highest BCUT2D eigenvalue weighted by molar-refractivity contribution is 9.10. The maximum absolute atomic E-state index is 5.63. The van der Waals surface area contributed by atoms with Crippen LogP contribution in [0, 0.1) is 5.41 Å². The second-order valence-electron chi connectivity index (χ2n) is 4.19. The molecular weight excluding hydrogens is 288 g/mol. The number of thiocarbonyl (C=S) groups is 1. The van der Waals surface area contributed by atoms with Gasteiger partial charge in [0.1, 0.15) is 5.75 Å². The summed E-state index contributed by atoms with van der Waals surface area (Å²) in [6.45, 7) is 4.60. The minimum Gasteiger partial charge on any atom is -0.492 e. The molecule has 88 valence electrons. The van der Waals surface area contributed by atoms with Crippen molar-refractivity contribution in [3.05, 3.63) is 22.9 Å². The van der Waals surface area contributed by atoms with Crippen LogP contribution in [0.1, 0.15) is 20.3 Å². The number of pyridine rings is 1. The summed E-state index contributed by atoms with van der Waals surface area (Å²) < 4.78 is 6.47. The minimum atomic E-state index is -0.172. The predicted octanol–water partition coefficient (Wildman–Crippen LogP) is 2.93. The van der Waals surface area contributed by atoms with Crippen molar-refractivity contribution in [2.75, 3.05) is 6.61 Å². The number of hydrogen-bond donors (Lipinski definition) is 1. The fraction of sp³-hybridized carbons (Fsp3) is 0.455. The molecule has 5 heteroatoms. The molecule has 0 bridgehead atoms. The minimum absolute atomic E-state index is 0.172. The van der Waals surface area contributed by atoms with E-state index in [0.29, 0.717) is 11.6 Å². The summed E-state index contributed by atoms with van der Waals surface area (Å²) in [6.07, 6.45) is 4.18. The quantitative estimate of drug-likeness (QED) is 0.850. The third-order valence-corrected chi connectivity index (χ3v) is 3.33. The van der Waals surface area contributed by atoms with Gasteiger partial charge in [-0.2, -0.15) is 0 Å². The monoisotopic (exact) mass is 302 g/mol. The van der Waals surface area contributed by atoms with Crippen LogP contribution in [0.3, 0.4) is 0 Å². The molecule has 1 heterocycles. The number of hydrogen-bond acceptors (Lipinski definition) is 3. The van der Waals surface area contributed by atoms with Crippen LogP contribution in [-0.2, 0) is 0 Å². The van der Waals surface area contributed by atoms with E-state index in [2.05, 4.69) is 20.9 Å². The molecule has 0 radical (unpaired) electrons. The summed E-state index contributed by atoms with van der Waals surface area (Å²) >= 11 is 8.32. The third kappa shape index (κ3) is 4.06. The van der Waals surface area contributed by atoms with Gasteiger partial charge in [0.25, 0.3) is 0 Å². The molecule has 0 aliphatic carbocycles. The lowest BCUT2D eigenvalue weighted by Crippen LogP contribution is -2.31. The first kappa shape index (κ1) is 13.4. The number of rotatable bonds is 5.